The quantitative estimate of drug-likeness (QED) is 0.332. The molecule has 8 heteroatoms. The Bertz CT molecular complexity index is 1490. The molecule has 0 amide bonds. The highest BCUT2D eigenvalue weighted by molar-refractivity contribution is 6.64. The maximum Gasteiger partial charge on any atom is 0.497 e. The van der Waals surface area contributed by atoms with Crippen LogP contribution in [0, 0.1) is 19.3 Å². The molecule has 2 fully saturated rings. The summed E-state index contributed by atoms with van der Waals surface area (Å²) < 4.78 is 19.4. The molecule has 1 atom stereocenters. The third-order valence-corrected chi connectivity index (χ3v) is 9.37. The van der Waals surface area contributed by atoms with Gasteiger partial charge in [0, 0.05) is 34.8 Å². The normalized spacial score (nSPS) is 20.6. The molecule has 3 aromatic rings. The van der Waals surface area contributed by atoms with Gasteiger partial charge in [0.1, 0.15) is 5.58 Å². The summed E-state index contributed by atoms with van der Waals surface area (Å²) in [5, 5.41) is 4.88. The smallest absolute Gasteiger partial charge is 0.440 e. The van der Waals surface area contributed by atoms with E-state index < -0.39 is 18.3 Å². The standard InChI is InChI=1S/C32H42BClN2O4/c1-19-16-23(28-24(17-19)27(37)20(2)29(38-28)36-14-12-30(4,5)13-15-36)21(3)35-26-11-10-22(34)18-25(26)33-39-31(6,7)32(8,9)40-33/h10-11,16-18,21,35H,12-15H2,1-9H3/t21-/m1/s1. The van der Waals surface area contributed by atoms with Crippen LogP contribution in [0.3, 0.4) is 0 Å². The van der Waals surface area contributed by atoms with Crippen molar-refractivity contribution < 1.29 is 13.7 Å². The van der Waals surface area contributed by atoms with Gasteiger partial charge in [-0.1, -0.05) is 31.5 Å². The van der Waals surface area contributed by atoms with Crippen LogP contribution in [0.1, 0.15) is 84.0 Å². The number of nitrogens with zero attached hydrogens (tertiary/aromatic N) is 1. The van der Waals surface area contributed by atoms with Gasteiger partial charge in [-0.15, -0.1) is 0 Å². The zero-order valence-electron chi connectivity index (χ0n) is 25.3. The largest absolute Gasteiger partial charge is 0.497 e. The lowest BCUT2D eigenvalue weighted by atomic mass is 9.77. The number of nitrogens with one attached hydrogen (secondary N) is 1. The van der Waals surface area contributed by atoms with Crippen molar-refractivity contribution in [2.24, 2.45) is 5.41 Å². The van der Waals surface area contributed by atoms with E-state index >= 15 is 0 Å². The van der Waals surface area contributed by atoms with Crippen molar-refractivity contribution in [1.29, 1.82) is 0 Å². The Morgan fingerprint density at radius 1 is 0.975 bits per heavy atom. The minimum atomic E-state index is -0.566. The van der Waals surface area contributed by atoms with Crippen molar-refractivity contribution in [3.05, 3.63) is 62.3 Å². The number of fused-ring (bicyclic) bond motifs is 1. The minimum Gasteiger partial charge on any atom is -0.440 e. The third-order valence-electron chi connectivity index (χ3n) is 9.13. The fourth-order valence-corrected chi connectivity index (χ4v) is 5.82. The average molecular weight is 565 g/mol. The number of anilines is 2. The molecular formula is C32H42BClN2O4. The molecule has 0 saturated carbocycles. The van der Waals surface area contributed by atoms with Gasteiger partial charge in [-0.25, -0.2) is 0 Å². The monoisotopic (exact) mass is 564 g/mol. The van der Waals surface area contributed by atoms with Gasteiger partial charge in [-0.3, -0.25) is 4.79 Å². The lowest BCUT2D eigenvalue weighted by Crippen LogP contribution is -2.41. The summed E-state index contributed by atoms with van der Waals surface area (Å²) in [5.41, 5.74) is 4.32. The SMILES string of the molecule is Cc1cc([C@@H](C)Nc2ccc(Cl)cc2B2OC(C)(C)C(C)(C)O2)c2oc(N3CCC(C)(C)CC3)c(C)c(=O)c2c1. The molecule has 40 heavy (non-hydrogen) atoms. The van der Waals surface area contributed by atoms with E-state index in [-0.39, 0.29) is 11.5 Å². The maximum atomic E-state index is 13.6. The number of rotatable bonds is 5. The first-order chi connectivity index (χ1) is 18.6. The van der Waals surface area contributed by atoms with E-state index in [0.717, 1.165) is 48.2 Å². The molecule has 214 valence electrons. The van der Waals surface area contributed by atoms with E-state index in [1.807, 2.05) is 65.8 Å². The lowest BCUT2D eigenvalue weighted by molar-refractivity contribution is 0.00578. The van der Waals surface area contributed by atoms with Crippen molar-refractivity contribution in [3.8, 4) is 0 Å². The van der Waals surface area contributed by atoms with Crippen LogP contribution in [0.2, 0.25) is 5.02 Å². The van der Waals surface area contributed by atoms with Crippen LogP contribution >= 0.6 is 11.6 Å². The van der Waals surface area contributed by atoms with Crippen LogP contribution in [-0.4, -0.2) is 31.4 Å². The first kappa shape index (κ1) is 29.0. The Morgan fingerprint density at radius 3 is 2.23 bits per heavy atom. The number of piperidine rings is 1. The summed E-state index contributed by atoms with van der Waals surface area (Å²) in [6.45, 7) is 20.5. The van der Waals surface area contributed by atoms with Crippen LogP contribution in [0.15, 0.2) is 39.5 Å². The summed E-state index contributed by atoms with van der Waals surface area (Å²) in [6.07, 6.45) is 2.12. The molecule has 0 spiro atoms. The maximum absolute atomic E-state index is 13.6. The fourth-order valence-electron chi connectivity index (χ4n) is 5.64. The van der Waals surface area contributed by atoms with E-state index in [1.165, 1.54) is 0 Å². The zero-order chi connectivity index (χ0) is 29.2. The van der Waals surface area contributed by atoms with Crippen molar-refractivity contribution in [3.63, 3.8) is 0 Å². The second kappa shape index (κ2) is 10.1. The van der Waals surface area contributed by atoms with Gasteiger partial charge in [0.25, 0.3) is 0 Å². The number of hydrogen-bond donors (Lipinski definition) is 1. The van der Waals surface area contributed by atoms with E-state index in [1.54, 1.807) is 0 Å². The lowest BCUT2D eigenvalue weighted by Gasteiger charge is -2.37. The van der Waals surface area contributed by atoms with Crippen molar-refractivity contribution >= 4 is 46.7 Å². The Morgan fingerprint density at radius 2 is 1.60 bits per heavy atom. The van der Waals surface area contributed by atoms with Crippen LogP contribution < -0.4 is 21.1 Å². The van der Waals surface area contributed by atoms with Crippen LogP contribution in [0.4, 0.5) is 11.6 Å². The highest BCUT2D eigenvalue weighted by Gasteiger charge is 2.52. The highest BCUT2D eigenvalue weighted by Crippen LogP contribution is 2.38. The summed E-state index contributed by atoms with van der Waals surface area (Å²) >= 11 is 6.44. The van der Waals surface area contributed by atoms with Crippen LogP contribution in [-0.2, 0) is 9.31 Å². The predicted octanol–water partition coefficient (Wildman–Crippen LogP) is 7.16. The Kier molecular flexibility index (Phi) is 7.34. The van der Waals surface area contributed by atoms with Crippen molar-refractivity contribution in [2.75, 3.05) is 23.3 Å². The molecule has 6 nitrogen and oxygen atoms in total. The predicted molar refractivity (Wildman–Crippen MR) is 166 cm³/mol. The highest BCUT2D eigenvalue weighted by atomic mass is 35.5. The van der Waals surface area contributed by atoms with Crippen molar-refractivity contribution in [1.82, 2.24) is 0 Å². The summed E-state index contributed by atoms with van der Waals surface area (Å²) in [5.74, 6) is 0.690. The zero-order valence-corrected chi connectivity index (χ0v) is 26.1. The first-order valence-electron chi connectivity index (χ1n) is 14.3. The van der Waals surface area contributed by atoms with Gasteiger partial charge in [-0.2, -0.15) is 0 Å². The van der Waals surface area contributed by atoms with E-state index in [2.05, 4.69) is 37.1 Å². The van der Waals surface area contributed by atoms with Gasteiger partial charge in [0.15, 0.2) is 5.43 Å². The van der Waals surface area contributed by atoms with Crippen molar-refractivity contribution in [2.45, 2.75) is 92.4 Å². The molecule has 2 aliphatic rings. The molecule has 2 aliphatic heterocycles. The van der Waals surface area contributed by atoms with Crippen LogP contribution in [0.5, 0.6) is 0 Å². The van der Waals surface area contributed by atoms with Gasteiger partial charge >= 0.3 is 7.12 Å². The molecular weight excluding hydrogens is 523 g/mol. The summed E-state index contributed by atoms with van der Waals surface area (Å²) in [6, 6.07) is 9.57. The van der Waals surface area contributed by atoms with Crippen LogP contribution in [0.25, 0.3) is 11.0 Å². The molecule has 0 aliphatic carbocycles. The van der Waals surface area contributed by atoms with Gasteiger partial charge < -0.3 is 23.9 Å². The van der Waals surface area contributed by atoms with E-state index in [9.17, 15) is 4.79 Å². The second-order valence-electron chi connectivity index (χ2n) is 13.4. The molecule has 1 aromatic heterocycles. The molecule has 0 bridgehead atoms. The molecule has 2 aromatic carbocycles. The topological polar surface area (TPSA) is 63.9 Å². The number of aryl methyl sites for hydroxylation is 1. The van der Waals surface area contributed by atoms with Gasteiger partial charge in [-0.05, 0) is 96.6 Å². The van der Waals surface area contributed by atoms with E-state index in [4.69, 9.17) is 25.3 Å². The second-order valence-corrected chi connectivity index (χ2v) is 13.9. The average Bonchev–Trinajstić information content (AvgIpc) is 3.09. The Labute approximate surface area is 243 Å². The minimum absolute atomic E-state index is 0.0302. The number of halogens is 1. The van der Waals surface area contributed by atoms with Gasteiger partial charge in [0.2, 0.25) is 5.88 Å². The molecule has 3 heterocycles. The third kappa shape index (κ3) is 5.28. The fraction of sp³-hybridized carbons (Fsp3) is 0.531. The number of benzene rings is 2. The Hall–Kier alpha value is -2.48. The van der Waals surface area contributed by atoms with E-state index in [0.29, 0.717) is 32.9 Å². The summed E-state index contributed by atoms with van der Waals surface area (Å²) in [4.78, 5) is 15.9. The molecule has 0 radical (unpaired) electrons. The molecule has 0 unspecified atom stereocenters. The molecule has 2 saturated heterocycles. The summed E-state index contributed by atoms with van der Waals surface area (Å²) in [7, 11) is -0.566. The first-order valence-corrected chi connectivity index (χ1v) is 14.7. The number of hydrogen-bond acceptors (Lipinski definition) is 6. The Balaban J connectivity index is 1.54. The molecule has 1 N–H and O–H groups in total. The molecule has 5 rings (SSSR count). The van der Waals surface area contributed by atoms with Gasteiger partial charge in [0.05, 0.1) is 28.2 Å².